The summed E-state index contributed by atoms with van der Waals surface area (Å²) in [6, 6.07) is 4.59. The molecule has 2 heterocycles. The number of aliphatic imine (C=N–C) groups is 1. The van der Waals surface area contributed by atoms with E-state index in [1.807, 2.05) is 0 Å². The number of carbonyl (C=O) groups is 3. The number of aliphatic carboxylic acids is 2. The average Bonchev–Trinajstić information content (AvgIpc) is 2.75. The number of H-pyrrole nitrogens is 1. The zero-order valence-electron chi connectivity index (χ0n) is 16.6. The van der Waals surface area contributed by atoms with Crippen LogP contribution in [0.1, 0.15) is 23.2 Å². The largest absolute Gasteiger partial charge is 0.488 e. The molecule has 2 aromatic rings. The summed E-state index contributed by atoms with van der Waals surface area (Å²) in [7, 11) is 0. The van der Waals surface area contributed by atoms with Crippen molar-refractivity contribution in [1.82, 2.24) is 15.3 Å². The molecule has 0 unspecified atom stereocenters. The average molecular weight is 444 g/mol. The lowest BCUT2D eigenvalue weighted by Crippen LogP contribution is -2.41. The van der Waals surface area contributed by atoms with Crippen LogP contribution >= 0.6 is 0 Å². The molecule has 1 aromatic carbocycles. The molecule has 0 radical (unpaired) electrons. The molecule has 1 amide bonds. The first-order valence-corrected chi connectivity index (χ1v) is 9.41. The SMILES string of the molecule is Nc1nc2c(c(=O)[nH]1)N=C(COc1ccc(C(=O)N[C@@H](CCC(=O)O)C(=O)O)cc1)CN2. The van der Waals surface area contributed by atoms with E-state index in [9.17, 15) is 19.2 Å². The summed E-state index contributed by atoms with van der Waals surface area (Å²) in [4.78, 5) is 56.6. The van der Waals surface area contributed by atoms with Crippen LogP contribution in [0.15, 0.2) is 34.1 Å². The summed E-state index contributed by atoms with van der Waals surface area (Å²) < 4.78 is 5.62. The number of carboxylic acid groups (broad SMARTS) is 2. The van der Waals surface area contributed by atoms with Gasteiger partial charge in [0.1, 0.15) is 18.4 Å². The van der Waals surface area contributed by atoms with Crippen LogP contribution in [0.25, 0.3) is 0 Å². The molecule has 1 aromatic heterocycles. The number of nitrogens with zero attached hydrogens (tertiary/aromatic N) is 2. The topological polar surface area (TPSA) is 209 Å². The Kier molecular flexibility index (Phi) is 6.68. The Morgan fingerprint density at radius 3 is 2.59 bits per heavy atom. The van der Waals surface area contributed by atoms with Gasteiger partial charge >= 0.3 is 11.9 Å². The highest BCUT2D eigenvalue weighted by molar-refractivity contribution is 5.97. The van der Waals surface area contributed by atoms with Crippen molar-refractivity contribution < 1.29 is 29.3 Å². The Morgan fingerprint density at radius 1 is 1.22 bits per heavy atom. The lowest BCUT2D eigenvalue weighted by atomic mass is 10.1. The second kappa shape index (κ2) is 9.59. The first kappa shape index (κ1) is 22.3. The Balaban J connectivity index is 1.59. The third-order valence-electron chi connectivity index (χ3n) is 4.42. The van der Waals surface area contributed by atoms with Gasteiger partial charge < -0.3 is 31.3 Å². The summed E-state index contributed by atoms with van der Waals surface area (Å²) in [5.74, 6) is -2.44. The number of aromatic nitrogens is 2. The fraction of sp³-hybridized carbons (Fsp3) is 0.263. The zero-order chi connectivity index (χ0) is 23.3. The number of anilines is 2. The quantitative estimate of drug-likeness (QED) is 0.304. The molecule has 32 heavy (non-hydrogen) atoms. The Bertz CT molecular complexity index is 1130. The van der Waals surface area contributed by atoms with Gasteiger partial charge in [-0.05, 0) is 30.7 Å². The third-order valence-corrected chi connectivity index (χ3v) is 4.42. The predicted octanol–water partition coefficient (Wildman–Crippen LogP) is -0.0231. The Labute approximate surface area is 180 Å². The Morgan fingerprint density at radius 2 is 1.94 bits per heavy atom. The van der Waals surface area contributed by atoms with Gasteiger partial charge in [0.2, 0.25) is 5.95 Å². The molecule has 0 spiro atoms. The van der Waals surface area contributed by atoms with E-state index >= 15 is 0 Å². The molecule has 168 valence electrons. The van der Waals surface area contributed by atoms with Gasteiger partial charge in [-0.25, -0.2) is 9.79 Å². The van der Waals surface area contributed by atoms with Crippen LogP contribution in [0.4, 0.5) is 17.5 Å². The highest BCUT2D eigenvalue weighted by atomic mass is 16.5. The van der Waals surface area contributed by atoms with Crippen LogP contribution in [0, 0.1) is 0 Å². The maximum atomic E-state index is 12.3. The number of ether oxygens (including phenoxy) is 1. The lowest BCUT2D eigenvalue weighted by Gasteiger charge is -2.17. The van der Waals surface area contributed by atoms with Crippen molar-refractivity contribution in [3.8, 4) is 5.75 Å². The molecule has 13 nitrogen and oxygen atoms in total. The van der Waals surface area contributed by atoms with Crippen LogP contribution in [0.2, 0.25) is 0 Å². The van der Waals surface area contributed by atoms with Crippen molar-refractivity contribution in [2.75, 3.05) is 24.2 Å². The number of rotatable bonds is 9. The normalized spacial score (nSPS) is 13.2. The van der Waals surface area contributed by atoms with Gasteiger partial charge in [-0.2, -0.15) is 4.98 Å². The van der Waals surface area contributed by atoms with Crippen LogP contribution in [0.5, 0.6) is 5.75 Å². The molecule has 1 aliphatic rings. The van der Waals surface area contributed by atoms with Gasteiger partial charge in [0.05, 0.1) is 12.3 Å². The fourth-order valence-electron chi connectivity index (χ4n) is 2.81. The molecular formula is C19H20N6O7. The van der Waals surface area contributed by atoms with Gasteiger partial charge in [0.25, 0.3) is 11.5 Å². The van der Waals surface area contributed by atoms with E-state index in [1.54, 1.807) is 0 Å². The van der Waals surface area contributed by atoms with Gasteiger partial charge in [-0.15, -0.1) is 0 Å². The smallest absolute Gasteiger partial charge is 0.326 e. The van der Waals surface area contributed by atoms with Crippen LogP contribution in [-0.2, 0) is 9.59 Å². The number of hydrogen-bond donors (Lipinski definition) is 6. The first-order chi connectivity index (χ1) is 15.2. The van der Waals surface area contributed by atoms with E-state index in [2.05, 4.69) is 25.6 Å². The number of nitrogen functional groups attached to an aromatic ring is 1. The monoisotopic (exact) mass is 444 g/mol. The number of nitrogens with one attached hydrogen (secondary N) is 3. The van der Waals surface area contributed by atoms with Crippen molar-refractivity contribution in [1.29, 1.82) is 0 Å². The number of fused-ring (bicyclic) bond motifs is 1. The van der Waals surface area contributed by atoms with Crippen LogP contribution < -0.4 is 26.7 Å². The maximum absolute atomic E-state index is 12.3. The number of benzene rings is 1. The molecule has 0 bridgehead atoms. The lowest BCUT2D eigenvalue weighted by molar-refractivity contribution is -0.140. The molecule has 13 heteroatoms. The highest BCUT2D eigenvalue weighted by Crippen LogP contribution is 2.21. The molecule has 1 atom stereocenters. The molecule has 7 N–H and O–H groups in total. The van der Waals surface area contributed by atoms with E-state index in [-0.39, 0.29) is 42.5 Å². The van der Waals surface area contributed by atoms with Crippen molar-refractivity contribution in [3.63, 3.8) is 0 Å². The van der Waals surface area contributed by atoms with Gasteiger partial charge in [0, 0.05) is 12.0 Å². The van der Waals surface area contributed by atoms with Crippen molar-refractivity contribution >= 4 is 41.0 Å². The number of carbonyl (C=O) groups excluding carboxylic acids is 1. The summed E-state index contributed by atoms with van der Waals surface area (Å²) in [5.41, 5.74) is 5.84. The molecular weight excluding hydrogens is 424 g/mol. The Hall–Kier alpha value is -4.42. The van der Waals surface area contributed by atoms with Crippen LogP contribution in [0.3, 0.4) is 0 Å². The maximum Gasteiger partial charge on any atom is 0.326 e. The molecule has 0 saturated heterocycles. The number of carboxylic acids is 2. The number of nitrogens with two attached hydrogens (primary N) is 1. The van der Waals surface area contributed by atoms with E-state index in [1.165, 1.54) is 24.3 Å². The van der Waals surface area contributed by atoms with Crippen LogP contribution in [-0.4, -0.2) is 62.9 Å². The second-order valence-corrected chi connectivity index (χ2v) is 6.79. The summed E-state index contributed by atoms with van der Waals surface area (Å²) in [6.45, 7) is 0.369. The number of hydrogen-bond acceptors (Lipinski definition) is 9. The molecule has 1 aliphatic heterocycles. The summed E-state index contributed by atoms with van der Waals surface area (Å²) in [6.07, 6.45) is -0.621. The highest BCUT2D eigenvalue weighted by Gasteiger charge is 2.22. The minimum absolute atomic E-state index is 0.0168. The third kappa shape index (κ3) is 5.59. The van der Waals surface area contributed by atoms with Gasteiger partial charge in [0.15, 0.2) is 11.5 Å². The standard InChI is InChI=1S/C19H20N6O7/c20-19-24-15-14(17(29)25-19)22-10(7-21-15)8-32-11-3-1-9(2-4-11)16(28)23-12(18(30)31)5-6-13(26)27/h1-4,12H,5-8H2,(H,23,28)(H,26,27)(H,30,31)(H4,20,21,24,25,29)/t12-/m0/s1. The van der Waals surface area contributed by atoms with Crippen molar-refractivity contribution in [2.45, 2.75) is 18.9 Å². The minimum atomic E-state index is -1.32. The minimum Gasteiger partial charge on any atom is -0.488 e. The summed E-state index contributed by atoms with van der Waals surface area (Å²) >= 11 is 0. The number of amides is 1. The van der Waals surface area contributed by atoms with E-state index in [4.69, 9.17) is 20.7 Å². The molecule has 0 fully saturated rings. The fourth-order valence-corrected chi connectivity index (χ4v) is 2.81. The van der Waals surface area contributed by atoms with Crippen molar-refractivity contribution in [2.24, 2.45) is 4.99 Å². The first-order valence-electron chi connectivity index (χ1n) is 9.41. The molecule has 0 saturated carbocycles. The van der Waals surface area contributed by atoms with E-state index in [0.29, 0.717) is 18.0 Å². The zero-order valence-corrected chi connectivity index (χ0v) is 16.6. The molecule has 0 aliphatic carbocycles. The van der Waals surface area contributed by atoms with Crippen molar-refractivity contribution in [3.05, 3.63) is 40.2 Å². The van der Waals surface area contributed by atoms with E-state index in [0.717, 1.165) is 0 Å². The van der Waals surface area contributed by atoms with E-state index < -0.39 is 29.4 Å². The molecule has 3 rings (SSSR count). The van der Waals surface area contributed by atoms with Gasteiger partial charge in [-0.1, -0.05) is 0 Å². The van der Waals surface area contributed by atoms with Gasteiger partial charge in [-0.3, -0.25) is 19.4 Å². The number of aromatic amines is 1. The second-order valence-electron chi connectivity index (χ2n) is 6.79. The summed E-state index contributed by atoms with van der Waals surface area (Å²) in [5, 5.41) is 23.1. The predicted molar refractivity (Wildman–Crippen MR) is 113 cm³/mol.